The minimum atomic E-state index is -1.02. The van der Waals surface area contributed by atoms with Crippen LogP contribution in [0.1, 0.15) is 86.0 Å². The van der Waals surface area contributed by atoms with E-state index < -0.39 is 29.9 Å². The topological polar surface area (TPSA) is 82.1 Å². The largest absolute Gasteiger partial charge is 0.421 e. The molecule has 5 rings (SSSR count). The number of ether oxygens (including phenoxy) is 3. The number of cyclic esters (lactones) is 1. The highest BCUT2D eigenvalue weighted by Crippen LogP contribution is 2.70. The Hall–Kier alpha value is -1.40. The van der Waals surface area contributed by atoms with Gasteiger partial charge >= 0.3 is 11.9 Å². The average molecular weight is 461 g/mol. The highest BCUT2D eigenvalue weighted by molar-refractivity contribution is 5.86. The van der Waals surface area contributed by atoms with Crippen LogP contribution in [-0.2, 0) is 23.8 Å². The van der Waals surface area contributed by atoms with Gasteiger partial charge in [-0.25, -0.2) is 4.79 Å². The molecule has 3 aliphatic carbocycles. The van der Waals surface area contributed by atoms with E-state index in [-0.39, 0.29) is 23.4 Å². The van der Waals surface area contributed by atoms with Crippen LogP contribution in [0.3, 0.4) is 0 Å². The van der Waals surface area contributed by atoms with E-state index in [4.69, 9.17) is 14.2 Å². The molecule has 5 aliphatic rings. The lowest BCUT2D eigenvalue weighted by Gasteiger charge is -2.68. The Kier molecular flexibility index (Phi) is 5.34. The van der Waals surface area contributed by atoms with Gasteiger partial charge in [-0.15, -0.1) is 0 Å². The molecule has 0 amide bonds. The molecule has 2 aliphatic heterocycles. The van der Waals surface area contributed by atoms with E-state index >= 15 is 0 Å². The third-order valence-electron chi connectivity index (χ3n) is 10.6. The van der Waals surface area contributed by atoms with Gasteiger partial charge in [0.15, 0.2) is 0 Å². The van der Waals surface area contributed by atoms with E-state index in [2.05, 4.69) is 27.7 Å². The van der Waals surface area contributed by atoms with Crippen molar-refractivity contribution in [1.82, 2.24) is 0 Å². The molecule has 1 saturated heterocycles. The monoisotopic (exact) mass is 460 g/mol. The number of aliphatic hydroxyl groups is 1. The predicted molar refractivity (Wildman–Crippen MR) is 122 cm³/mol. The summed E-state index contributed by atoms with van der Waals surface area (Å²) in [6.45, 7) is 11.4. The summed E-state index contributed by atoms with van der Waals surface area (Å²) in [4.78, 5) is 23.5. The number of carbonyl (C=O) groups excluding carboxylic acids is 2. The lowest BCUT2D eigenvalue weighted by Crippen LogP contribution is -2.66. The molecule has 2 heterocycles. The minimum Gasteiger partial charge on any atom is -0.421 e. The Balaban J connectivity index is 1.45. The van der Waals surface area contributed by atoms with Gasteiger partial charge in [-0.1, -0.05) is 34.1 Å². The Bertz CT molecular complexity index is 878. The van der Waals surface area contributed by atoms with Gasteiger partial charge < -0.3 is 19.3 Å². The first-order chi connectivity index (χ1) is 15.4. The maximum absolute atomic E-state index is 12.0. The smallest absolute Gasteiger partial charge is 0.334 e. The second kappa shape index (κ2) is 7.55. The number of rotatable bonds is 2. The molecular formula is C27H40O6. The summed E-state index contributed by atoms with van der Waals surface area (Å²) in [5.41, 5.74) is 0.381. The van der Waals surface area contributed by atoms with Crippen LogP contribution < -0.4 is 0 Å². The summed E-state index contributed by atoms with van der Waals surface area (Å²) in [6, 6.07) is 0. The van der Waals surface area contributed by atoms with Gasteiger partial charge in [-0.3, -0.25) is 4.79 Å². The lowest BCUT2D eigenvalue weighted by molar-refractivity contribution is -0.256. The van der Waals surface area contributed by atoms with Crippen LogP contribution in [0.15, 0.2) is 11.6 Å². The molecule has 6 heteroatoms. The van der Waals surface area contributed by atoms with Crippen LogP contribution in [0.25, 0.3) is 0 Å². The number of fused-ring (bicyclic) bond motifs is 5. The Morgan fingerprint density at radius 1 is 1.03 bits per heavy atom. The zero-order chi connectivity index (χ0) is 23.8. The summed E-state index contributed by atoms with van der Waals surface area (Å²) in [7, 11) is 0. The van der Waals surface area contributed by atoms with Crippen molar-refractivity contribution in [3.8, 4) is 0 Å². The molecule has 1 unspecified atom stereocenters. The first-order valence-corrected chi connectivity index (χ1v) is 12.8. The van der Waals surface area contributed by atoms with E-state index in [1.807, 2.05) is 0 Å². The van der Waals surface area contributed by atoms with Gasteiger partial charge in [-0.2, -0.15) is 0 Å². The summed E-state index contributed by atoms with van der Waals surface area (Å²) in [5, 5.41) is 11.8. The van der Waals surface area contributed by atoms with E-state index in [0.717, 1.165) is 25.2 Å². The second-order valence-electron chi connectivity index (χ2n) is 12.8. The van der Waals surface area contributed by atoms with E-state index in [1.165, 1.54) is 38.7 Å². The quantitative estimate of drug-likeness (QED) is 0.610. The fraction of sp³-hybridized carbons (Fsp3) is 0.852. The first-order valence-electron chi connectivity index (χ1n) is 12.8. The molecular weight excluding hydrogens is 420 g/mol. The van der Waals surface area contributed by atoms with Crippen molar-refractivity contribution in [3.05, 3.63) is 11.6 Å². The molecule has 33 heavy (non-hydrogen) atoms. The summed E-state index contributed by atoms with van der Waals surface area (Å²) >= 11 is 0. The predicted octanol–water partition coefficient (Wildman–Crippen LogP) is 4.54. The fourth-order valence-electron chi connectivity index (χ4n) is 9.27. The van der Waals surface area contributed by atoms with Crippen LogP contribution in [0.5, 0.6) is 0 Å². The van der Waals surface area contributed by atoms with Gasteiger partial charge in [-0.05, 0) is 78.9 Å². The molecule has 1 N–H and O–H groups in total. The van der Waals surface area contributed by atoms with Gasteiger partial charge in [0, 0.05) is 18.6 Å². The molecule has 0 spiro atoms. The van der Waals surface area contributed by atoms with Crippen molar-refractivity contribution < 1.29 is 28.9 Å². The maximum atomic E-state index is 12.0. The lowest BCUT2D eigenvalue weighted by atomic mass is 9.37. The molecule has 4 fully saturated rings. The molecule has 0 radical (unpaired) electrons. The molecule has 3 saturated carbocycles. The van der Waals surface area contributed by atoms with Crippen molar-refractivity contribution in [2.24, 2.45) is 34.0 Å². The summed E-state index contributed by atoms with van der Waals surface area (Å²) in [5.74, 6) is 0.345. The van der Waals surface area contributed by atoms with Crippen LogP contribution in [0.4, 0.5) is 0 Å². The SMILES string of the molecule is CC(=O)OC1OC(=O)C=C1[C@H]1C[C@@H]2[C@](O)(CC[C@H]3[C@@]2(C)CC[C@H]2C(C)(C)CCC[C@]32C)CO1. The van der Waals surface area contributed by atoms with E-state index in [1.54, 1.807) is 0 Å². The number of hydrogen-bond donors (Lipinski definition) is 1. The normalized spacial score (nSPS) is 48.6. The van der Waals surface area contributed by atoms with Crippen molar-refractivity contribution >= 4 is 11.9 Å². The third-order valence-corrected chi connectivity index (χ3v) is 10.6. The highest BCUT2D eigenvalue weighted by Gasteiger charge is 2.66. The zero-order valence-corrected chi connectivity index (χ0v) is 20.8. The van der Waals surface area contributed by atoms with Crippen molar-refractivity contribution in [2.45, 2.75) is 104 Å². The molecule has 0 aromatic carbocycles. The maximum Gasteiger partial charge on any atom is 0.334 e. The van der Waals surface area contributed by atoms with Crippen LogP contribution in [0.2, 0.25) is 0 Å². The number of esters is 2. The van der Waals surface area contributed by atoms with Gasteiger partial charge in [0.05, 0.1) is 18.3 Å². The van der Waals surface area contributed by atoms with Crippen LogP contribution in [0, 0.1) is 34.0 Å². The molecule has 0 aromatic rings. The van der Waals surface area contributed by atoms with E-state index in [0.29, 0.717) is 23.3 Å². The number of carbonyl (C=O) groups is 2. The standard InChI is InChI=1S/C27H40O6/c1-16(28)32-23-17(13-22(29)33-23)18-14-21-26(5)11-7-19-24(2,3)9-6-10-25(19,4)20(26)8-12-27(21,30)15-31-18/h13,18-21,23,30H,6-12,14-15H2,1-5H3/t18-,19+,20-,21+,23?,25+,26-,27+/m1/s1. The third kappa shape index (κ3) is 3.50. The summed E-state index contributed by atoms with van der Waals surface area (Å²) < 4.78 is 16.6. The highest BCUT2D eigenvalue weighted by atomic mass is 16.7. The second-order valence-corrected chi connectivity index (χ2v) is 12.8. The first kappa shape index (κ1) is 23.3. The van der Waals surface area contributed by atoms with Crippen molar-refractivity contribution in [1.29, 1.82) is 0 Å². The van der Waals surface area contributed by atoms with Crippen molar-refractivity contribution in [3.63, 3.8) is 0 Å². The Morgan fingerprint density at radius 2 is 1.73 bits per heavy atom. The Labute approximate surface area is 197 Å². The van der Waals surface area contributed by atoms with Gasteiger partial charge in [0.1, 0.15) is 0 Å². The molecule has 6 nitrogen and oxygen atoms in total. The van der Waals surface area contributed by atoms with E-state index in [9.17, 15) is 14.7 Å². The average Bonchev–Trinajstić information content (AvgIpc) is 3.06. The number of hydrogen-bond acceptors (Lipinski definition) is 6. The Morgan fingerprint density at radius 3 is 2.45 bits per heavy atom. The van der Waals surface area contributed by atoms with Gasteiger partial charge in [0.2, 0.25) is 0 Å². The fourth-order valence-corrected chi connectivity index (χ4v) is 9.27. The molecule has 0 aromatic heterocycles. The molecule has 8 atom stereocenters. The zero-order valence-electron chi connectivity index (χ0n) is 20.8. The molecule has 0 bridgehead atoms. The van der Waals surface area contributed by atoms with Crippen molar-refractivity contribution in [2.75, 3.05) is 6.61 Å². The van der Waals surface area contributed by atoms with Gasteiger partial charge in [0.25, 0.3) is 6.29 Å². The summed E-state index contributed by atoms with van der Waals surface area (Å²) in [6.07, 6.45) is 8.59. The molecule has 184 valence electrons. The van der Waals surface area contributed by atoms with Crippen LogP contribution in [-0.4, -0.2) is 41.6 Å². The van der Waals surface area contributed by atoms with Crippen LogP contribution >= 0.6 is 0 Å². The minimum absolute atomic E-state index is 0.00859.